The number of nitro benzene ring substituents is 1. The van der Waals surface area contributed by atoms with E-state index in [0.29, 0.717) is 12.1 Å². The maximum atomic E-state index is 11.0. The molecule has 0 radical (unpaired) electrons. The first-order valence-corrected chi connectivity index (χ1v) is 6.96. The van der Waals surface area contributed by atoms with Gasteiger partial charge in [-0.2, -0.15) is 0 Å². The lowest BCUT2D eigenvalue weighted by Crippen LogP contribution is -2.05. The number of non-ortho nitro benzene ring substituents is 1. The number of nitrogens with one attached hydrogen (secondary N) is 1. The molecule has 2 rings (SSSR count). The van der Waals surface area contributed by atoms with Gasteiger partial charge in [-0.1, -0.05) is 25.1 Å². The lowest BCUT2D eigenvalue weighted by atomic mass is 10.0. The highest BCUT2D eigenvalue weighted by Gasteiger charge is 2.12. The molecule has 21 heavy (non-hydrogen) atoms. The molecule has 0 amide bonds. The van der Waals surface area contributed by atoms with Crippen LogP contribution in [-0.2, 0) is 6.42 Å². The van der Waals surface area contributed by atoms with Crippen LogP contribution < -0.4 is 11.1 Å². The number of para-hydroxylation sites is 1. The molecule has 0 unspecified atom stereocenters. The van der Waals surface area contributed by atoms with E-state index in [9.17, 15) is 10.1 Å². The Bertz CT molecular complexity index is 641. The SMILES string of the molecule is CCCNc1ccc([N+](=O)[O-])cc1Cc1ccccc1N. The Labute approximate surface area is 123 Å². The fourth-order valence-electron chi connectivity index (χ4n) is 2.17. The summed E-state index contributed by atoms with van der Waals surface area (Å²) in [4.78, 5) is 10.6. The Balaban J connectivity index is 2.36. The van der Waals surface area contributed by atoms with E-state index in [2.05, 4.69) is 12.2 Å². The molecule has 5 nitrogen and oxygen atoms in total. The number of hydrogen-bond donors (Lipinski definition) is 2. The first kappa shape index (κ1) is 14.8. The predicted molar refractivity (Wildman–Crippen MR) is 85.5 cm³/mol. The fraction of sp³-hybridized carbons (Fsp3) is 0.250. The minimum atomic E-state index is -0.374. The third-order valence-electron chi connectivity index (χ3n) is 3.30. The minimum absolute atomic E-state index is 0.0987. The monoisotopic (exact) mass is 285 g/mol. The van der Waals surface area contributed by atoms with E-state index >= 15 is 0 Å². The number of anilines is 2. The van der Waals surface area contributed by atoms with E-state index < -0.39 is 0 Å². The van der Waals surface area contributed by atoms with Crippen molar-refractivity contribution in [3.05, 3.63) is 63.7 Å². The molecule has 0 aromatic heterocycles. The lowest BCUT2D eigenvalue weighted by Gasteiger charge is -2.12. The molecule has 0 aliphatic rings. The van der Waals surface area contributed by atoms with Crippen LogP contribution in [0.1, 0.15) is 24.5 Å². The largest absolute Gasteiger partial charge is 0.398 e. The number of hydrogen-bond acceptors (Lipinski definition) is 4. The molecule has 0 aliphatic heterocycles. The van der Waals surface area contributed by atoms with E-state index in [-0.39, 0.29) is 10.6 Å². The normalized spacial score (nSPS) is 10.3. The number of nitrogens with zero attached hydrogens (tertiary/aromatic N) is 1. The topological polar surface area (TPSA) is 81.2 Å². The van der Waals surface area contributed by atoms with Crippen molar-refractivity contribution in [2.75, 3.05) is 17.6 Å². The highest BCUT2D eigenvalue weighted by Crippen LogP contribution is 2.26. The number of nitrogens with two attached hydrogens (primary N) is 1. The molecular formula is C16H19N3O2. The maximum Gasteiger partial charge on any atom is 0.269 e. The van der Waals surface area contributed by atoms with Crippen molar-refractivity contribution in [3.63, 3.8) is 0 Å². The summed E-state index contributed by atoms with van der Waals surface area (Å²) in [5.74, 6) is 0. The molecule has 0 saturated heterocycles. The van der Waals surface area contributed by atoms with Crippen LogP contribution in [0.4, 0.5) is 17.1 Å². The van der Waals surface area contributed by atoms with Gasteiger partial charge in [0.25, 0.3) is 5.69 Å². The molecule has 2 aromatic rings. The summed E-state index contributed by atoms with van der Waals surface area (Å²) >= 11 is 0. The molecule has 0 bridgehead atoms. The first-order valence-electron chi connectivity index (χ1n) is 6.96. The van der Waals surface area contributed by atoms with Crippen LogP contribution in [0.3, 0.4) is 0 Å². The van der Waals surface area contributed by atoms with Gasteiger partial charge in [-0.3, -0.25) is 10.1 Å². The summed E-state index contributed by atoms with van der Waals surface area (Å²) in [6, 6.07) is 12.5. The van der Waals surface area contributed by atoms with Gasteiger partial charge in [0.1, 0.15) is 0 Å². The van der Waals surface area contributed by atoms with Crippen molar-refractivity contribution >= 4 is 17.1 Å². The summed E-state index contributed by atoms with van der Waals surface area (Å²) < 4.78 is 0. The van der Waals surface area contributed by atoms with E-state index in [1.807, 2.05) is 24.3 Å². The van der Waals surface area contributed by atoms with E-state index in [1.54, 1.807) is 12.1 Å². The van der Waals surface area contributed by atoms with Crippen molar-refractivity contribution in [2.45, 2.75) is 19.8 Å². The van der Waals surface area contributed by atoms with Gasteiger partial charge in [-0.05, 0) is 29.7 Å². The van der Waals surface area contributed by atoms with Crippen molar-refractivity contribution in [1.29, 1.82) is 0 Å². The van der Waals surface area contributed by atoms with Gasteiger partial charge in [0.15, 0.2) is 0 Å². The van der Waals surface area contributed by atoms with Gasteiger partial charge in [0.05, 0.1) is 4.92 Å². The average molecular weight is 285 g/mol. The Kier molecular flexibility index (Phi) is 4.77. The van der Waals surface area contributed by atoms with Gasteiger partial charge in [0, 0.05) is 36.5 Å². The first-order chi connectivity index (χ1) is 10.1. The quantitative estimate of drug-likeness (QED) is 0.483. The highest BCUT2D eigenvalue weighted by atomic mass is 16.6. The van der Waals surface area contributed by atoms with Crippen LogP contribution >= 0.6 is 0 Å². The van der Waals surface area contributed by atoms with E-state index in [4.69, 9.17) is 5.73 Å². The molecule has 5 heteroatoms. The maximum absolute atomic E-state index is 11.0. The molecule has 0 atom stereocenters. The van der Waals surface area contributed by atoms with Crippen LogP contribution in [0.25, 0.3) is 0 Å². The van der Waals surface area contributed by atoms with Gasteiger partial charge in [-0.15, -0.1) is 0 Å². The van der Waals surface area contributed by atoms with Crippen molar-refractivity contribution in [1.82, 2.24) is 0 Å². The summed E-state index contributed by atoms with van der Waals surface area (Å²) in [6.07, 6.45) is 1.56. The van der Waals surface area contributed by atoms with Crippen LogP contribution in [0.15, 0.2) is 42.5 Å². The van der Waals surface area contributed by atoms with E-state index in [0.717, 1.165) is 29.8 Å². The Morgan fingerprint density at radius 1 is 1.19 bits per heavy atom. The molecule has 0 spiro atoms. The second kappa shape index (κ2) is 6.74. The molecule has 0 heterocycles. The van der Waals surface area contributed by atoms with Crippen molar-refractivity contribution < 1.29 is 4.92 Å². The predicted octanol–water partition coefficient (Wildman–Crippen LogP) is 3.59. The number of nitrogen functional groups attached to an aromatic ring is 1. The van der Waals surface area contributed by atoms with E-state index in [1.165, 1.54) is 6.07 Å². The van der Waals surface area contributed by atoms with Crippen LogP contribution in [-0.4, -0.2) is 11.5 Å². The van der Waals surface area contributed by atoms with Gasteiger partial charge in [0.2, 0.25) is 0 Å². The fourth-order valence-corrected chi connectivity index (χ4v) is 2.17. The van der Waals surface area contributed by atoms with Crippen molar-refractivity contribution in [2.24, 2.45) is 0 Å². The highest BCUT2D eigenvalue weighted by molar-refractivity contribution is 5.59. The van der Waals surface area contributed by atoms with Gasteiger partial charge < -0.3 is 11.1 Å². The second-order valence-corrected chi connectivity index (χ2v) is 4.90. The number of nitro groups is 1. The Morgan fingerprint density at radius 3 is 2.62 bits per heavy atom. The summed E-state index contributed by atoms with van der Waals surface area (Å²) in [5.41, 5.74) is 9.54. The third-order valence-corrected chi connectivity index (χ3v) is 3.30. The molecule has 0 aliphatic carbocycles. The zero-order valence-electron chi connectivity index (χ0n) is 12.0. The molecular weight excluding hydrogens is 266 g/mol. The molecule has 0 fully saturated rings. The lowest BCUT2D eigenvalue weighted by molar-refractivity contribution is -0.384. The van der Waals surface area contributed by atoms with Crippen molar-refractivity contribution in [3.8, 4) is 0 Å². The third kappa shape index (κ3) is 3.72. The minimum Gasteiger partial charge on any atom is -0.398 e. The molecule has 110 valence electrons. The average Bonchev–Trinajstić information content (AvgIpc) is 2.48. The number of rotatable bonds is 6. The summed E-state index contributed by atoms with van der Waals surface area (Å²) in [7, 11) is 0. The molecule has 0 saturated carbocycles. The standard InChI is InChI=1S/C16H19N3O2/c1-2-9-18-16-8-7-14(19(20)21)11-13(16)10-12-5-3-4-6-15(12)17/h3-8,11,18H,2,9-10,17H2,1H3. The van der Waals surface area contributed by atoms with Crippen LogP contribution in [0.2, 0.25) is 0 Å². The Hall–Kier alpha value is -2.56. The van der Waals surface area contributed by atoms with Crippen LogP contribution in [0.5, 0.6) is 0 Å². The zero-order valence-corrected chi connectivity index (χ0v) is 12.0. The molecule has 2 aromatic carbocycles. The second-order valence-electron chi connectivity index (χ2n) is 4.90. The number of benzene rings is 2. The van der Waals surface area contributed by atoms with Gasteiger partial charge in [-0.25, -0.2) is 0 Å². The van der Waals surface area contributed by atoms with Gasteiger partial charge >= 0.3 is 0 Å². The summed E-state index contributed by atoms with van der Waals surface area (Å²) in [6.45, 7) is 2.91. The zero-order chi connectivity index (χ0) is 15.2. The Morgan fingerprint density at radius 2 is 1.95 bits per heavy atom. The molecule has 3 N–H and O–H groups in total. The van der Waals surface area contributed by atoms with Crippen LogP contribution in [0, 0.1) is 10.1 Å². The summed E-state index contributed by atoms with van der Waals surface area (Å²) in [5, 5.41) is 14.3. The smallest absolute Gasteiger partial charge is 0.269 e.